The van der Waals surface area contributed by atoms with Gasteiger partial charge in [0.2, 0.25) is 0 Å². The average molecular weight is 138 g/mol. The van der Waals surface area contributed by atoms with Gasteiger partial charge in [0.1, 0.15) is 0 Å². The SMILES string of the molecule is CC1=NSCC1.Cl. The quantitative estimate of drug-likeness (QED) is 0.465. The van der Waals surface area contributed by atoms with Gasteiger partial charge in [-0.3, -0.25) is 0 Å². The molecule has 0 aromatic heterocycles. The lowest BCUT2D eigenvalue weighted by Gasteiger charge is -1.74. The van der Waals surface area contributed by atoms with E-state index < -0.39 is 0 Å². The van der Waals surface area contributed by atoms with Crippen LogP contribution in [0.2, 0.25) is 0 Å². The van der Waals surface area contributed by atoms with Crippen molar-refractivity contribution in [2.24, 2.45) is 4.40 Å². The molecular formula is C4H8ClNS. The van der Waals surface area contributed by atoms with E-state index in [1.807, 2.05) is 0 Å². The summed E-state index contributed by atoms with van der Waals surface area (Å²) in [6, 6.07) is 0. The smallest absolute Gasteiger partial charge is 0.0240 e. The predicted molar refractivity (Wildman–Crippen MR) is 37.4 cm³/mol. The summed E-state index contributed by atoms with van der Waals surface area (Å²) in [5.74, 6) is 1.20. The summed E-state index contributed by atoms with van der Waals surface area (Å²) in [5, 5.41) is 0. The van der Waals surface area contributed by atoms with Crippen LogP contribution in [0, 0.1) is 0 Å². The molecule has 0 radical (unpaired) electrons. The number of hydrogen-bond acceptors (Lipinski definition) is 2. The maximum absolute atomic E-state index is 4.07. The van der Waals surface area contributed by atoms with Crippen LogP contribution in [0.1, 0.15) is 13.3 Å². The second-order valence-corrected chi connectivity index (χ2v) is 2.26. The molecular weight excluding hydrogens is 130 g/mol. The highest BCUT2D eigenvalue weighted by molar-refractivity contribution is 7.98. The van der Waals surface area contributed by atoms with Crippen LogP contribution in [0.5, 0.6) is 0 Å². The monoisotopic (exact) mass is 137 g/mol. The Morgan fingerprint density at radius 1 is 1.71 bits per heavy atom. The number of halogens is 1. The number of rotatable bonds is 0. The molecule has 0 bridgehead atoms. The molecule has 0 atom stereocenters. The minimum absolute atomic E-state index is 0. The van der Waals surface area contributed by atoms with E-state index in [2.05, 4.69) is 11.3 Å². The molecule has 0 spiro atoms. The van der Waals surface area contributed by atoms with Crippen molar-refractivity contribution < 1.29 is 0 Å². The van der Waals surface area contributed by atoms with Gasteiger partial charge < -0.3 is 0 Å². The van der Waals surface area contributed by atoms with E-state index in [1.54, 1.807) is 11.9 Å². The lowest BCUT2D eigenvalue weighted by molar-refractivity contribution is 1.33. The molecule has 42 valence electrons. The van der Waals surface area contributed by atoms with E-state index in [9.17, 15) is 0 Å². The van der Waals surface area contributed by atoms with Gasteiger partial charge in [-0.2, -0.15) is 0 Å². The van der Waals surface area contributed by atoms with Crippen LogP contribution in [0.4, 0.5) is 0 Å². The summed E-state index contributed by atoms with van der Waals surface area (Å²) >= 11 is 1.67. The van der Waals surface area contributed by atoms with Crippen LogP contribution in [0.25, 0.3) is 0 Å². The van der Waals surface area contributed by atoms with Gasteiger partial charge in [-0.25, -0.2) is 4.40 Å². The van der Waals surface area contributed by atoms with Crippen molar-refractivity contribution in [3.05, 3.63) is 0 Å². The zero-order valence-electron chi connectivity index (χ0n) is 4.18. The molecule has 1 nitrogen and oxygen atoms in total. The van der Waals surface area contributed by atoms with Crippen LogP contribution in [0.15, 0.2) is 4.40 Å². The first-order chi connectivity index (χ1) is 2.89. The minimum atomic E-state index is 0. The van der Waals surface area contributed by atoms with E-state index >= 15 is 0 Å². The summed E-state index contributed by atoms with van der Waals surface area (Å²) in [7, 11) is 0. The second kappa shape index (κ2) is 3.33. The molecule has 1 aliphatic heterocycles. The average Bonchev–Trinajstić information content (AvgIpc) is 1.86. The molecule has 0 N–H and O–H groups in total. The normalized spacial score (nSPS) is 18.1. The zero-order chi connectivity index (χ0) is 4.41. The van der Waals surface area contributed by atoms with Crippen molar-refractivity contribution in [3.8, 4) is 0 Å². The lowest BCUT2D eigenvalue weighted by Crippen LogP contribution is -1.81. The van der Waals surface area contributed by atoms with E-state index in [0.717, 1.165) is 0 Å². The Balaban J connectivity index is 0.000000360. The highest BCUT2D eigenvalue weighted by Gasteiger charge is 1.97. The molecule has 0 fully saturated rings. The van der Waals surface area contributed by atoms with Crippen molar-refractivity contribution >= 4 is 30.1 Å². The highest BCUT2D eigenvalue weighted by Crippen LogP contribution is 2.13. The maximum Gasteiger partial charge on any atom is 0.0240 e. The van der Waals surface area contributed by atoms with Crippen LogP contribution < -0.4 is 0 Å². The van der Waals surface area contributed by atoms with Crippen molar-refractivity contribution in [1.82, 2.24) is 0 Å². The Kier molecular flexibility index (Phi) is 3.48. The van der Waals surface area contributed by atoms with Gasteiger partial charge in [-0.05, 0) is 25.3 Å². The van der Waals surface area contributed by atoms with Crippen molar-refractivity contribution in [2.45, 2.75) is 13.3 Å². The summed E-state index contributed by atoms with van der Waals surface area (Å²) in [6.07, 6.45) is 1.20. The Hall–Kier alpha value is 0.310. The van der Waals surface area contributed by atoms with E-state index in [1.165, 1.54) is 17.9 Å². The van der Waals surface area contributed by atoms with E-state index in [-0.39, 0.29) is 12.4 Å². The van der Waals surface area contributed by atoms with Gasteiger partial charge in [0.05, 0.1) is 0 Å². The van der Waals surface area contributed by atoms with Crippen LogP contribution in [-0.4, -0.2) is 11.5 Å². The third kappa shape index (κ3) is 2.19. The van der Waals surface area contributed by atoms with Gasteiger partial charge in [0.25, 0.3) is 0 Å². The van der Waals surface area contributed by atoms with Crippen molar-refractivity contribution in [3.63, 3.8) is 0 Å². The van der Waals surface area contributed by atoms with Gasteiger partial charge in [0, 0.05) is 11.5 Å². The first-order valence-corrected chi connectivity index (χ1v) is 2.99. The fourth-order valence-corrected chi connectivity index (χ4v) is 1.18. The predicted octanol–water partition coefficient (Wildman–Crippen LogP) is 1.92. The van der Waals surface area contributed by atoms with Crippen molar-refractivity contribution in [2.75, 3.05) is 5.75 Å². The Labute approximate surface area is 54.1 Å². The second-order valence-electron chi connectivity index (χ2n) is 1.41. The first-order valence-electron chi connectivity index (χ1n) is 2.05. The van der Waals surface area contributed by atoms with Gasteiger partial charge in [-0.15, -0.1) is 12.4 Å². The van der Waals surface area contributed by atoms with E-state index in [0.29, 0.717) is 0 Å². The standard InChI is InChI=1S/C4H7NS.ClH/c1-4-2-3-6-5-4;/h2-3H2,1H3;1H. The summed E-state index contributed by atoms with van der Waals surface area (Å²) < 4.78 is 4.07. The van der Waals surface area contributed by atoms with Crippen molar-refractivity contribution in [1.29, 1.82) is 0 Å². The molecule has 7 heavy (non-hydrogen) atoms. The van der Waals surface area contributed by atoms with Gasteiger partial charge in [0.15, 0.2) is 0 Å². The molecule has 0 aliphatic carbocycles. The fourth-order valence-electron chi connectivity index (χ4n) is 0.395. The number of hydrogen-bond donors (Lipinski definition) is 0. The maximum atomic E-state index is 4.07. The molecule has 0 unspecified atom stereocenters. The molecule has 1 aliphatic rings. The lowest BCUT2D eigenvalue weighted by atomic mass is 10.3. The molecule has 1 heterocycles. The largest absolute Gasteiger partial charge is 0.226 e. The Bertz CT molecular complexity index is 81.8. The molecule has 0 amide bonds. The van der Waals surface area contributed by atoms with Gasteiger partial charge >= 0.3 is 0 Å². The summed E-state index contributed by atoms with van der Waals surface area (Å²) in [4.78, 5) is 0. The van der Waals surface area contributed by atoms with Crippen LogP contribution in [-0.2, 0) is 0 Å². The number of nitrogens with zero attached hydrogens (tertiary/aromatic N) is 1. The highest BCUT2D eigenvalue weighted by atomic mass is 35.5. The Morgan fingerprint density at radius 2 is 2.43 bits per heavy atom. The van der Waals surface area contributed by atoms with E-state index in [4.69, 9.17) is 0 Å². The Morgan fingerprint density at radius 3 is 2.57 bits per heavy atom. The fraction of sp³-hybridized carbons (Fsp3) is 0.750. The molecule has 0 saturated carbocycles. The third-order valence-corrected chi connectivity index (χ3v) is 1.60. The molecule has 0 saturated heterocycles. The topological polar surface area (TPSA) is 12.4 Å². The summed E-state index contributed by atoms with van der Waals surface area (Å²) in [5.41, 5.74) is 1.29. The molecule has 0 aromatic rings. The third-order valence-electron chi connectivity index (χ3n) is 0.776. The van der Waals surface area contributed by atoms with Crippen LogP contribution >= 0.6 is 24.4 Å². The van der Waals surface area contributed by atoms with Crippen LogP contribution in [0.3, 0.4) is 0 Å². The van der Waals surface area contributed by atoms with Gasteiger partial charge in [-0.1, -0.05) is 0 Å². The minimum Gasteiger partial charge on any atom is -0.226 e. The summed E-state index contributed by atoms with van der Waals surface area (Å²) in [6.45, 7) is 2.07. The first kappa shape index (κ1) is 7.31. The molecule has 0 aromatic carbocycles. The zero-order valence-corrected chi connectivity index (χ0v) is 5.81. The molecule has 1 rings (SSSR count). The molecule has 3 heteroatoms.